The van der Waals surface area contributed by atoms with Gasteiger partial charge in [0.15, 0.2) is 0 Å². The SMILES string of the molecule is CC(=O)N1[C@H](C)CN(CC(=O)N2CCN(C(c3ccc(Cl)cc3)c3ccc(Cl)cc3)C[C@@H]2C(C)(C)C)C[C@@H]1C. The molecule has 2 amide bonds. The van der Waals surface area contributed by atoms with E-state index in [9.17, 15) is 9.59 Å². The van der Waals surface area contributed by atoms with E-state index in [-0.39, 0.29) is 41.4 Å². The molecule has 2 aromatic rings. The van der Waals surface area contributed by atoms with Crippen molar-refractivity contribution in [1.82, 2.24) is 19.6 Å². The van der Waals surface area contributed by atoms with Gasteiger partial charge in [-0.2, -0.15) is 0 Å². The molecule has 6 nitrogen and oxygen atoms in total. The van der Waals surface area contributed by atoms with E-state index < -0.39 is 0 Å². The molecule has 0 spiro atoms. The number of nitrogens with zero attached hydrogens (tertiary/aromatic N) is 4. The van der Waals surface area contributed by atoms with E-state index in [4.69, 9.17) is 23.2 Å². The first-order valence-electron chi connectivity index (χ1n) is 13.9. The topological polar surface area (TPSA) is 47.1 Å². The van der Waals surface area contributed by atoms with Crippen molar-refractivity contribution in [3.05, 3.63) is 69.7 Å². The smallest absolute Gasteiger partial charge is 0.237 e. The summed E-state index contributed by atoms with van der Waals surface area (Å²) in [6.45, 7) is 16.4. The minimum Gasteiger partial charge on any atom is -0.336 e. The van der Waals surface area contributed by atoms with Crippen LogP contribution in [0.25, 0.3) is 0 Å². The predicted octanol–water partition coefficient (Wildman–Crippen LogP) is 5.58. The fourth-order valence-electron chi connectivity index (χ4n) is 6.45. The quantitative estimate of drug-likeness (QED) is 0.469. The Morgan fingerprint density at radius 2 is 1.33 bits per heavy atom. The summed E-state index contributed by atoms with van der Waals surface area (Å²) in [4.78, 5) is 34.6. The monoisotopic (exact) mass is 572 g/mol. The Hall–Kier alpha value is -2.12. The van der Waals surface area contributed by atoms with Crippen molar-refractivity contribution in [3.8, 4) is 0 Å². The number of halogens is 2. The van der Waals surface area contributed by atoms with Crippen molar-refractivity contribution in [3.63, 3.8) is 0 Å². The van der Waals surface area contributed by atoms with E-state index in [0.717, 1.165) is 13.1 Å². The van der Waals surface area contributed by atoms with Crippen LogP contribution in [0.15, 0.2) is 48.5 Å². The number of hydrogen-bond donors (Lipinski definition) is 0. The molecule has 2 saturated heterocycles. The van der Waals surface area contributed by atoms with Crippen molar-refractivity contribution in [2.24, 2.45) is 5.41 Å². The molecule has 39 heavy (non-hydrogen) atoms. The van der Waals surface area contributed by atoms with E-state index in [1.165, 1.54) is 11.1 Å². The van der Waals surface area contributed by atoms with Gasteiger partial charge in [0.25, 0.3) is 0 Å². The maximum Gasteiger partial charge on any atom is 0.237 e. The fourth-order valence-corrected chi connectivity index (χ4v) is 6.70. The summed E-state index contributed by atoms with van der Waals surface area (Å²) in [6, 6.07) is 16.4. The molecule has 0 radical (unpaired) electrons. The average Bonchev–Trinajstić information content (AvgIpc) is 2.85. The minimum absolute atomic E-state index is 0.0305. The zero-order chi connectivity index (χ0) is 28.5. The Labute approximate surface area is 243 Å². The summed E-state index contributed by atoms with van der Waals surface area (Å²) in [6.07, 6.45) is 0. The maximum absolute atomic E-state index is 13.8. The zero-order valence-corrected chi connectivity index (χ0v) is 25.5. The van der Waals surface area contributed by atoms with Gasteiger partial charge in [0.1, 0.15) is 0 Å². The van der Waals surface area contributed by atoms with Crippen LogP contribution in [0.5, 0.6) is 0 Å². The minimum atomic E-state index is -0.104. The number of hydrogen-bond acceptors (Lipinski definition) is 4. The summed E-state index contributed by atoms with van der Waals surface area (Å²) in [5.41, 5.74) is 2.23. The van der Waals surface area contributed by atoms with Crippen LogP contribution in [0.3, 0.4) is 0 Å². The van der Waals surface area contributed by atoms with E-state index in [1.807, 2.05) is 29.2 Å². The lowest BCUT2D eigenvalue weighted by molar-refractivity contribution is -0.144. The summed E-state index contributed by atoms with van der Waals surface area (Å²) in [5.74, 6) is 0.264. The molecule has 0 unspecified atom stereocenters. The van der Waals surface area contributed by atoms with Crippen molar-refractivity contribution in [2.75, 3.05) is 39.3 Å². The predicted molar refractivity (Wildman–Crippen MR) is 159 cm³/mol. The molecule has 2 aliphatic rings. The number of carbonyl (C=O) groups is 2. The number of rotatable bonds is 5. The van der Waals surface area contributed by atoms with Gasteiger partial charge in [0.2, 0.25) is 11.8 Å². The summed E-state index contributed by atoms with van der Waals surface area (Å²) >= 11 is 12.5. The highest BCUT2D eigenvalue weighted by Gasteiger charge is 2.41. The number of benzene rings is 2. The highest BCUT2D eigenvalue weighted by Crippen LogP contribution is 2.36. The Kier molecular flexibility index (Phi) is 9.32. The highest BCUT2D eigenvalue weighted by molar-refractivity contribution is 6.30. The van der Waals surface area contributed by atoms with E-state index in [0.29, 0.717) is 36.2 Å². The maximum atomic E-state index is 13.8. The van der Waals surface area contributed by atoms with Gasteiger partial charge < -0.3 is 9.80 Å². The molecule has 2 aromatic carbocycles. The van der Waals surface area contributed by atoms with Gasteiger partial charge >= 0.3 is 0 Å². The van der Waals surface area contributed by atoms with Crippen LogP contribution < -0.4 is 0 Å². The third-order valence-electron chi connectivity index (χ3n) is 8.19. The molecule has 212 valence electrons. The summed E-state index contributed by atoms with van der Waals surface area (Å²) in [7, 11) is 0. The molecule has 3 atom stereocenters. The molecular weight excluding hydrogens is 531 g/mol. The van der Waals surface area contributed by atoms with Crippen molar-refractivity contribution in [2.45, 2.75) is 65.7 Å². The fraction of sp³-hybridized carbons (Fsp3) is 0.548. The van der Waals surface area contributed by atoms with E-state index in [1.54, 1.807) is 6.92 Å². The lowest BCUT2D eigenvalue weighted by atomic mass is 9.83. The second kappa shape index (κ2) is 12.2. The Morgan fingerprint density at radius 3 is 1.77 bits per heavy atom. The van der Waals surface area contributed by atoms with Gasteiger partial charge in [-0.05, 0) is 54.7 Å². The van der Waals surface area contributed by atoms with Gasteiger partial charge in [-0.15, -0.1) is 0 Å². The Balaban J connectivity index is 1.55. The molecular formula is C31H42Cl2N4O2. The number of carbonyl (C=O) groups excluding carboxylic acids is 2. The number of piperazine rings is 2. The molecule has 8 heteroatoms. The van der Waals surface area contributed by atoms with Gasteiger partial charge in [-0.3, -0.25) is 19.4 Å². The van der Waals surface area contributed by atoms with Crippen LogP contribution in [0.1, 0.15) is 58.7 Å². The highest BCUT2D eigenvalue weighted by atomic mass is 35.5. The normalized spacial score (nSPS) is 23.4. The van der Waals surface area contributed by atoms with Crippen molar-refractivity contribution < 1.29 is 9.59 Å². The van der Waals surface area contributed by atoms with Gasteiger partial charge in [-0.1, -0.05) is 68.2 Å². The molecule has 2 aliphatic heterocycles. The van der Waals surface area contributed by atoms with E-state index in [2.05, 4.69) is 73.6 Å². The first kappa shape index (κ1) is 29.9. The van der Waals surface area contributed by atoms with Crippen molar-refractivity contribution in [1.29, 1.82) is 0 Å². The number of amides is 2. The van der Waals surface area contributed by atoms with Gasteiger partial charge in [-0.25, -0.2) is 0 Å². The molecule has 0 saturated carbocycles. The standard InChI is InChI=1S/C31H42Cl2N4O2/c1-21-17-34(18-22(2)37(21)23(3)38)20-29(39)36-16-15-35(19-28(36)31(4,5)6)30(24-7-11-26(32)12-8-24)25-9-13-27(33)14-10-25/h7-14,21-22,28,30H,15-20H2,1-6H3/t21-,22+,28-/m1/s1. The molecule has 0 aromatic heterocycles. The van der Waals surface area contributed by atoms with Gasteiger partial charge in [0.05, 0.1) is 12.6 Å². The molecule has 0 bridgehead atoms. The molecule has 2 heterocycles. The zero-order valence-electron chi connectivity index (χ0n) is 24.0. The van der Waals surface area contributed by atoms with Crippen LogP contribution in [0.2, 0.25) is 10.0 Å². The Morgan fingerprint density at radius 1 is 0.846 bits per heavy atom. The van der Waals surface area contributed by atoms with Crippen LogP contribution >= 0.6 is 23.2 Å². The molecule has 4 rings (SSSR count). The molecule has 0 N–H and O–H groups in total. The Bertz CT molecular complexity index is 1090. The molecule has 0 aliphatic carbocycles. The third-order valence-corrected chi connectivity index (χ3v) is 8.69. The summed E-state index contributed by atoms with van der Waals surface area (Å²) < 4.78 is 0. The third kappa shape index (κ3) is 6.97. The van der Waals surface area contributed by atoms with Crippen LogP contribution in [-0.4, -0.2) is 88.8 Å². The van der Waals surface area contributed by atoms with Crippen LogP contribution in [0.4, 0.5) is 0 Å². The second-order valence-electron chi connectivity index (χ2n) is 12.3. The largest absolute Gasteiger partial charge is 0.336 e. The van der Waals surface area contributed by atoms with Crippen LogP contribution in [-0.2, 0) is 9.59 Å². The molecule has 2 fully saturated rings. The first-order valence-corrected chi connectivity index (χ1v) is 14.7. The van der Waals surface area contributed by atoms with Crippen molar-refractivity contribution >= 4 is 35.0 Å². The lowest BCUT2D eigenvalue weighted by Gasteiger charge is -2.50. The average molecular weight is 574 g/mol. The first-order chi connectivity index (χ1) is 18.3. The van der Waals surface area contributed by atoms with Gasteiger partial charge in [0, 0.05) is 67.8 Å². The van der Waals surface area contributed by atoms with E-state index >= 15 is 0 Å². The second-order valence-corrected chi connectivity index (χ2v) is 13.2. The van der Waals surface area contributed by atoms with Crippen LogP contribution in [0, 0.1) is 5.41 Å². The summed E-state index contributed by atoms with van der Waals surface area (Å²) in [5, 5.41) is 1.42. The lowest BCUT2D eigenvalue weighted by Crippen LogP contribution is -2.63.